The van der Waals surface area contributed by atoms with Crippen molar-refractivity contribution in [2.75, 3.05) is 0 Å². The molecule has 0 amide bonds. The zero-order valence-corrected chi connectivity index (χ0v) is 11.7. The molecule has 0 bridgehead atoms. The minimum Gasteiger partial charge on any atom is -0.675 e. The molecule has 0 unspecified atom stereocenters. The third-order valence-electron chi connectivity index (χ3n) is 1.44. The Morgan fingerprint density at radius 3 is 1.89 bits per heavy atom. The summed E-state index contributed by atoms with van der Waals surface area (Å²) in [5, 5.41) is 0. The molecule has 1 nitrogen and oxygen atoms in total. The van der Waals surface area contributed by atoms with Gasteiger partial charge in [0.25, 0.3) is 0 Å². The van der Waals surface area contributed by atoms with Crippen molar-refractivity contribution >= 4 is 0 Å². The second-order valence-electron chi connectivity index (χ2n) is 2.14. The molecule has 0 spiro atoms. The van der Waals surface area contributed by atoms with Gasteiger partial charge >= 0.3 is 51.4 Å². The predicted molar refractivity (Wildman–Crippen MR) is 30.9 cm³/mol. The summed E-state index contributed by atoms with van der Waals surface area (Å²) < 4.78 is 0. The van der Waals surface area contributed by atoms with E-state index in [0.29, 0.717) is 0 Å². The molecule has 0 aromatic heterocycles. The molecule has 49 valence electrons. The van der Waals surface area contributed by atoms with Crippen LogP contribution in [0.4, 0.5) is 0 Å². The zero-order chi connectivity index (χ0) is 5.11. The fraction of sp³-hybridized carbons (Fsp3) is 0.833. The molecule has 0 aromatic rings. The van der Waals surface area contributed by atoms with Gasteiger partial charge in [-0.05, 0) is 0 Å². The van der Waals surface area contributed by atoms with Crippen molar-refractivity contribution in [2.24, 2.45) is 0 Å². The maximum atomic E-state index is 7.25. The van der Waals surface area contributed by atoms with Crippen molar-refractivity contribution in [1.29, 1.82) is 0 Å². The van der Waals surface area contributed by atoms with Gasteiger partial charge in [-0.2, -0.15) is 12.8 Å². The molecule has 1 N–H and O–H groups in total. The van der Waals surface area contributed by atoms with Crippen molar-refractivity contribution in [2.45, 2.75) is 31.7 Å². The standard InChI is InChI=1S/C6H11N.K.Re/c7-6-4-2-1-3-5-6;;/h1,6-7H,2-5H2;;/q-2;+1;. The van der Waals surface area contributed by atoms with Crippen LogP contribution in [-0.2, 0) is 20.4 Å². The molecule has 1 fully saturated rings. The predicted octanol–water partition coefficient (Wildman–Crippen LogP) is -0.813. The van der Waals surface area contributed by atoms with Crippen LogP contribution in [0.25, 0.3) is 5.73 Å². The Kier molecular flexibility index (Phi) is 12.8. The summed E-state index contributed by atoms with van der Waals surface area (Å²) in [5.74, 6) is 0. The van der Waals surface area contributed by atoms with E-state index in [1.165, 1.54) is 12.8 Å². The van der Waals surface area contributed by atoms with Crippen molar-refractivity contribution < 1.29 is 71.8 Å². The third-order valence-corrected chi connectivity index (χ3v) is 1.44. The molecule has 0 heterocycles. The van der Waals surface area contributed by atoms with E-state index in [-0.39, 0.29) is 77.8 Å². The van der Waals surface area contributed by atoms with Gasteiger partial charge in [0.2, 0.25) is 0 Å². The Bertz CT molecular complexity index is 55.0. The van der Waals surface area contributed by atoms with Gasteiger partial charge in [-0.3, -0.25) is 0 Å². The van der Waals surface area contributed by atoms with E-state index in [2.05, 4.69) is 6.42 Å². The smallest absolute Gasteiger partial charge is 0.675 e. The van der Waals surface area contributed by atoms with Crippen LogP contribution < -0.4 is 51.4 Å². The fourth-order valence-electron chi connectivity index (χ4n) is 0.927. The summed E-state index contributed by atoms with van der Waals surface area (Å²) in [4.78, 5) is 0. The second-order valence-corrected chi connectivity index (χ2v) is 2.14. The molecule has 0 atom stereocenters. The Labute approximate surface area is 114 Å². The molecule has 0 saturated heterocycles. The fourth-order valence-corrected chi connectivity index (χ4v) is 0.927. The molecule has 9 heavy (non-hydrogen) atoms. The summed E-state index contributed by atoms with van der Waals surface area (Å²) in [6.07, 6.45) is 6.83. The SMILES string of the molecule is [K+].[NH-]C1CC[CH-]CC1.[Re]. The number of hydrogen-bond acceptors (Lipinski definition) is 0. The van der Waals surface area contributed by atoms with Crippen molar-refractivity contribution in [3.05, 3.63) is 12.2 Å². The zero-order valence-electron chi connectivity index (χ0n) is 5.86. The maximum absolute atomic E-state index is 7.25. The van der Waals surface area contributed by atoms with Crippen molar-refractivity contribution in [3.63, 3.8) is 0 Å². The average molecular weight is 322 g/mol. The van der Waals surface area contributed by atoms with E-state index in [4.69, 9.17) is 5.73 Å². The molecule has 1 radical (unpaired) electrons. The van der Waals surface area contributed by atoms with Crippen molar-refractivity contribution in [1.82, 2.24) is 0 Å². The second kappa shape index (κ2) is 8.36. The Morgan fingerprint density at radius 1 is 1.22 bits per heavy atom. The molecule has 1 rings (SSSR count). The van der Waals surface area contributed by atoms with Crippen LogP contribution in [-0.4, -0.2) is 6.04 Å². The third kappa shape index (κ3) is 6.65. The average Bonchev–Trinajstić information content (AvgIpc) is 1.69. The van der Waals surface area contributed by atoms with Crippen LogP contribution in [0.1, 0.15) is 25.7 Å². The molecular formula is C6H11KNRe-. The Hall–Kier alpha value is 2.26. The van der Waals surface area contributed by atoms with E-state index in [9.17, 15) is 0 Å². The molecule has 1 aliphatic carbocycles. The van der Waals surface area contributed by atoms with E-state index in [0.717, 1.165) is 12.8 Å². The molecule has 0 aromatic carbocycles. The van der Waals surface area contributed by atoms with Crippen molar-refractivity contribution in [3.8, 4) is 0 Å². The molecule has 1 aliphatic rings. The summed E-state index contributed by atoms with van der Waals surface area (Å²) >= 11 is 0. The van der Waals surface area contributed by atoms with Crippen LogP contribution in [0.3, 0.4) is 0 Å². The first-order chi connectivity index (χ1) is 3.39. The van der Waals surface area contributed by atoms with Gasteiger partial charge in [0.1, 0.15) is 0 Å². The van der Waals surface area contributed by atoms with Gasteiger partial charge in [-0.15, -0.1) is 6.04 Å². The van der Waals surface area contributed by atoms with E-state index in [1.54, 1.807) is 0 Å². The molecule has 3 heteroatoms. The number of nitrogens with one attached hydrogen (secondary N) is 1. The normalized spacial score (nSPS) is 19.7. The Morgan fingerprint density at radius 2 is 1.67 bits per heavy atom. The van der Waals surface area contributed by atoms with Gasteiger partial charge < -0.3 is 12.2 Å². The van der Waals surface area contributed by atoms with Crippen LogP contribution >= 0.6 is 0 Å². The van der Waals surface area contributed by atoms with Gasteiger partial charge in [-0.1, -0.05) is 12.8 Å². The van der Waals surface area contributed by atoms with Crippen LogP contribution in [0.5, 0.6) is 0 Å². The first-order valence-electron chi connectivity index (χ1n) is 2.92. The topological polar surface area (TPSA) is 23.8 Å². The number of rotatable bonds is 0. The quantitative estimate of drug-likeness (QED) is 0.411. The van der Waals surface area contributed by atoms with Crippen LogP contribution in [0.15, 0.2) is 0 Å². The van der Waals surface area contributed by atoms with Gasteiger partial charge in [0, 0.05) is 20.4 Å². The van der Waals surface area contributed by atoms with E-state index in [1.807, 2.05) is 0 Å². The summed E-state index contributed by atoms with van der Waals surface area (Å²) in [5.41, 5.74) is 7.25. The van der Waals surface area contributed by atoms with Crippen LogP contribution in [0, 0.1) is 6.42 Å². The monoisotopic (exact) mass is 323 g/mol. The first kappa shape index (κ1) is 13.8. The Balaban J connectivity index is 0. The summed E-state index contributed by atoms with van der Waals surface area (Å²) in [6, 6.07) is 0.255. The van der Waals surface area contributed by atoms with Crippen LogP contribution in [0.2, 0.25) is 0 Å². The summed E-state index contributed by atoms with van der Waals surface area (Å²) in [7, 11) is 0. The summed E-state index contributed by atoms with van der Waals surface area (Å²) in [6.45, 7) is 0. The molecule has 1 saturated carbocycles. The minimum atomic E-state index is 0. The number of hydrogen-bond donors (Lipinski definition) is 0. The van der Waals surface area contributed by atoms with E-state index >= 15 is 0 Å². The van der Waals surface area contributed by atoms with Gasteiger partial charge in [-0.25, -0.2) is 0 Å². The molecular weight excluding hydrogens is 311 g/mol. The van der Waals surface area contributed by atoms with Gasteiger partial charge in [0.15, 0.2) is 0 Å². The molecule has 0 aliphatic heterocycles. The minimum absolute atomic E-state index is 0. The maximum Gasteiger partial charge on any atom is 1.00 e. The van der Waals surface area contributed by atoms with E-state index < -0.39 is 0 Å². The first-order valence-corrected chi connectivity index (χ1v) is 2.92. The van der Waals surface area contributed by atoms with Gasteiger partial charge in [0.05, 0.1) is 0 Å². The largest absolute Gasteiger partial charge is 1.00 e.